The highest BCUT2D eigenvalue weighted by molar-refractivity contribution is 9.10. The summed E-state index contributed by atoms with van der Waals surface area (Å²) in [4.78, 5) is 32.0. The molecule has 0 radical (unpaired) electrons. The number of carbonyl (C=O) groups is 2. The highest BCUT2D eigenvalue weighted by Crippen LogP contribution is 2.41. The number of ether oxygens (including phenoxy) is 1. The number of halogens is 2. The number of phenols is 1. The number of nitrogens with two attached hydrogens (primary N) is 1. The van der Waals surface area contributed by atoms with Gasteiger partial charge in [0.1, 0.15) is 18.2 Å². The molecule has 7 nitrogen and oxygen atoms in total. The van der Waals surface area contributed by atoms with Gasteiger partial charge in [-0.1, -0.05) is 0 Å². The van der Waals surface area contributed by atoms with Crippen molar-refractivity contribution in [3.63, 3.8) is 0 Å². The molecule has 1 saturated heterocycles. The fourth-order valence-corrected chi connectivity index (χ4v) is 3.80. The second kappa shape index (κ2) is 7.88. The molecule has 1 atom stereocenters. The molecule has 0 amide bonds. The molecule has 1 aromatic heterocycles. The van der Waals surface area contributed by atoms with Gasteiger partial charge in [-0.3, -0.25) is 9.59 Å². The van der Waals surface area contributed by atoms with Crippen LogP contribution in [0.5, 0.6) is 11.5 Å². The summed E-state index contributed by atoms with van der Waals surface area (Å²) in [6.45, 7) is 3.11. The summed E-state index contributed by atoms with van der Waals surface area (Å²) in [5.74, 6) is -2.16. The number of rotatable bonds is 4. The van der Waals surface area contributed by atoms with Gasteiger partial charge in [-0.2, -0.15) is 0 Å². The summed E-state index contributed by atoms with van der Waals surface area (Å²) < 4.78 is 19.9. The number of aromatic hydroxyl groups is 1. The topological polar surface area (TPSA) is 115 Å². The van der Waals surface area contributed by atoms with Gasteiger partial charge in [0.15, 0.2) is 23.1 Å². The standard InChI is InChI=1S/C18H15BrFN3O4S/c1-7-15(24)12(28-18(7)26)4-9-3-11(16(25)14(20)13(9)19)27-6-10-5-22-8(2)23-17(10)21/h3-5,7,25H,6H2,1-2H3,(H2,21,22,23)/b12-4-. The average Bonchev–Trinajstić information content (AvgIpc) is 2.89. The Bertz CT molecular complexity index is 1030. The summed E-state index contributed by atoms with van der Waals surface area (Å²) in [5, 5.41) is 9.79. The van der Waals surface area contributed by atoms with Crippen molar-refractivity contribution in [3.05, 3.63) is 44.4 Å². The molecular weight excluding hydrogens is 453 g/mol. The van der Waals surface area contributed by atoms with E-state index in [0.29, 0.717) is 11.4 Å². The van der Waals surface area contributed by atoms with Gasteiger partial charge in [0, 0.05) is 11.8 Å². The number of nitrogen functional groups attached to an aromatic ring is 1. The maximum Gasteiger partial charge on any atom is 0.204 e. The van der Waals surface area contributed by atoms with Crippen LogP contribution in [-0.2, 0) is 16.2 Å². The third kappa shape index (κ3) is 3.88. The smallest absolute Gasteiger partial charge is 0.204 e. The van der Waals surface area contributed by atoms with E-state index in [4.69, 9.17) is 10.5 Å². The van der Waals surface area contributed by atoms with Gasteiger partial charge >= 0.3 is 0 Å². The number of phenolic OH excluding ortho intramolecular Hbond substituents is 1. The monoisotopic (exact) mass is 467 g/mol. The van der Waals surface area contributed by atoms with E-state index in [1.54, 1.807) is 6.92 Å². The van der Waals surface area contributed by atoms with Crippen LogP contribution >= 0.6 is 27.7 Å². The minimum Gasteiger partial charge on any atom is -0.502 e. The maximum atomic E-state index is 14.4. The van der Waals surface area contributed by atoms with E-state index >= 15 is 0 Å². The van der Waals surface area contributed by atoms with Crippen molar-refractivity contribution >= 4 is 50.5 Å². The molecule has 2 heterocycles. The fraction of sp³-hybridized carbons (Fsp3) is 0.222. The molecular formula is C18H15BrFN3O4S. The molecule has 0 bridgehead atoms. The number of aryl methyl sites for hydroxylation is 1. The first kappa shape index (κ1) is 20.3. The van der Waals surface area contributed by atoms with Crippen LogP contribution in [-0.4, -0.2) is 26.0 Å². The Morgan fingerprint density at radius 3 is 2.79 bits per heavy atom. The van der Waals surface area contributed by atoms with Gasteiger partial charge < -0.3 is 15.6 Å². The number of benzene rings is 1. The van der Waals surface area contributed by atoms with E-state index < -0.39 is 17.5 Å². The molecule has 0 aliphatic carbocycles. The van der Waals surface area contributed by atoms with E-state index in [1.807, 2.05) is 0 Å². The maximum absolute atomic E-state index is 14.4. The first-order chi connectivity index (χ1) is 13.2. The van der Waals surface area contributed by atoms with Crippen molar-refractivity contribution < 1.29 is 23.8 Å². The zero-order chi connectivity index (χ0) is 20.6. The molecule has 1 aromatic carbocycles. The predicted molar refractivity (Wildman–Crippen MR) is 106 cm³/mol. The average molecular weight is 468 g/mol. The number of ketones is 1. The summed E-state index contributed by atoms with van der Waals surface area (Å²) >= 11 is 3.87. The number of carbonyl (C=O) groups excluding carboxylic acids is 2. The second-order valence-electron chi connectivity index (χ2n) is 6.07. The first-order valence-electron chi connectivity index (χ1n) is 8.08. The minimum absolute atomic E-state index is 0.0524. The Morgan fingerprint density at radius 1 is 1.46 bits per heavy atom. The van der Waals surface area contributed by atoms with Crippen LogP contribution in [0.3, 0.4) is 0 Å². The molecule has 1 fully saturated rings. The zero-order valence-electron chi connectivity index (χ0n) is 14.8. The molecule has 146 valence electrons. The number of aromatic nitrogens is 2. The lowest BCUT2D eigenvalue weighted by Crippen LogP contribution is -2.08. The minimum atomic E-state index is -0.952. The molecule has 0 saturated carbocycles. The Balaban J connectivity index is 1.93. The number of Topliss-reactive ketones (excluding diaryl/α,β-unsaturated/α-hetero) is 1. The fourth-order valence-electron chi connectivity index (χ4n) is 2.42. The van der Waals surface area contributed by atoms with Gasteiger partial charge in [0.05, 0.1) is 15.3 Å². The van der Waals surface area contributed by atoms with Gasteiger partial charge in [0.25, 0.3) is 0 Å². The van der Waals surface area contributed by atoms with Crippen LogP contribution in [0, 0.1) is 18.7 Å². The highest BCUT2D eigenvalue weighted by Gasteiger charge is 2.34. The first-order valence-corrected chi connectivity index (χ1v) is 9.69. The van der Waals surface area contributed by atoms with Gasteiger partial charge in [-0.25, -0.2) is 14.4 Å². The van der Waals surface area contributed by atoms with Crippen LogP contribution in [0.1, 0.15) is 23.9 Å². The molecule has 1 aliphatic rings. The number of nitrogens with zero attached hydrogens (tertiary/aromatic N) is 2. The summed E-state index contributed by atoms with van der Waals surface area (Å²) in [7, 11) is 0. The Hall–Kier alpha value is -2.46. The Kier molecular flexibility index (Phi) is 5.71. The molecule has 3 N–H and O–H groups in total. The van der Waals surface area contributed by atoms with Crippen molar-refractivity contribution in [1.82, 2.24) is 9.97 Å². The largest absolute Gasteiger partial charge is 0.502 e. The number of anilines is 1. The number of hydrogen-bond donors (Lipinski definition) is 2. The lowest BCUT2D eigenvalue weighted by Gasteiger charge is -2.12. The second-order valence-corrected chi connectivity index (χ2v) is 7.91. The van der Waals surface area contributed by atoms with Crippen molar-refractivity contribution in [2.75, 3.05) is 5.73 Å². The highest BCUT2D eigenvalue weighted by atomic mass is 79.9. The third-order valence-electron chi connectivity index (χ3n) is 4.06. The Morgan fingerprint density at radius 2 is 2.18 bits per heavy atom. The van der Waals surface area contributed by atoms with E-state index in [1.165, 1.54) is 25.3 Å². The lowest BCUT2D eigenvalue weighted by molar-refractivity contribution is -0.123. The molecule has 28 heavy (non-hydrogen) atoms. The zero-order valence-corrected chi connectivity index (χ0v) is 17.2. The van der Waals surface area contributed by atoms with E-state index in [0.717, 1.165) is 11.8 Å². The van der Waals surface area contributed by atoms with Gasteiger partial charge in [0.2, 0.25) is 5.12 Å². The molecule has 0 spiro atoms. The van der Waals surface area contributed by atoms with Crippen LogP contribution in [0.15, 0.2) is 21.6 Å². The number of allylic oxidation sites excluding steroid dienone is 1. The number of thioether (sulfide) groups is 1. The van der Waals surface area contributed by atoms with Gasteiger partial charge in [-0.15, -0.1) is 0 Å². The summed E-state index contributed by atoms with van der Waals surface area (Å²) in [6.07, 6.45) is 2.87. The van der Waals surface area contributed by atoms with Crippen LogP contribution in [0.25, 0.3) is 6.08 Å². The van der Waals surface area contributed by atoms with Crippen LogP contribution in [0.2, 0.25) is 0 Å². The normalized spacial score (nSPS) is 18.1. The van der Waals surface area contributed by atoms with Gasteiger partial charge in [-0.05, 0) is 59.2 Å². The lowest BCUT2D eigenvalue weighted by atomic mass is 10.1. The Labute approximate surface area is 172 Å². The predicted octanol–water partition coefficient (Wildman–Crippen LogP) is 3.37. The van der Waals surface area contributed by atoms with Crippen molar-refractivity contribution in [3.8, 4) is 11.5 Å². The van der Waals surface area contributed by atoms with E-state index in [-0.39, 0.29) is 44.0 Å². The van der Waals surface area contributed by atoms with Crippen molar-refractivity contribution in [1.29, 1.82) is 0 Å². The van der Waals surface area contributed by atoms with Crippen LogP contribution in [0.4, 0.5) is 10.2 Å². The molecule has 10 heteroatoms. The van der Waals surface area contributed by atoms with E-state index in [9.17, 15) is 19.1 Å². The van der Waals surface area contributed by atoms with Crippen molar-refractivity contribution in [2.24, 2.45) is 5.92 Å². The van der Waals surface area contributed by atoms with Crippen molar-refractivity contribution in [2.45, 2.75) is 20.5 Å². The SMILES string of the molecule is Cc1ncc(COc2cc(/C=C3\SC(=O)C(C)C3=O)c(Br)c(F)c2O)c(N)n1. The van der Waals surface area contributed by atoms with Crippen LogP contribution < -0.4 is 10.5 Å². The summed E-state index contributed by atoms with van der Waals surface area (Å²) in [5.41, 5.74) is 6.51. The molecule has 1 unspecified atom stereocenters. The molecule has 3 rings (SSSR count). The third-order valence-corrected chi connectivity index (χ3v) is 5.96. The molecule has 2 aromatic rings. The molecule has 1 aliphatic heterocycles. The quantitative estimate of drug-likeness (QED) is 0.519. The number of hydrogen-bond acceptors (Lipinski definition) is 8. The summed E-state index contributed by atoms with van der Waals surface area (Å²) in [6, 6.07) is 1.36. The van der Waals surface area contributed by atoms with E-state index in [2.05, 4.69) is 25.9 Å².